The van der Waals surface area contributed by atoms with E-state index in [0.29, 0.717) is 13.1 Å². The second-order valence-electron chi connectivity index (χ2n) is 2.57. The largest absolute Gasteiger partial charge is 0.353 e. The van der Waals surface area contributed by atoms with Crippen LogP contribution in [-0.4, -0.2) is 32.3 Å². The first-order valence-electron chi connectivity index (χ1n) is 3.96. The maximum absolute atomic E-state index is 11.1. The number of carbonyl (C=O) groups is 1. The fourth-order valence-electron chi connectivity index (χ4n) is 0.786. The second kappa shape index (κ2) is 4.96. The molecule has 6 heteroatoms. The van der Waals surface area contributed by atoms with Crippen molar-refractivity contribution in [3.63, 3.8) is 0 Å². The van der Waals surface area contributed by atoms with Crippen LogP contribution in [-0.2, 0) is 11.3 Å². The van der Waals surface area contributed by atoms with E-state index in [1.54, 1.807) is 24.0 Å². The molecule has 0 radical (unpaired) electrons. The van der Waals surface area contributed by atoms with Gasteiger partial charge in [0.2, 0.25) is 5.91 Å². The van der Waals surface area contributed by atoms with Crippen molar-refractivity contribution < 1.29 is 4.79 Å². The molecule has 1 atom stereocenters. The third-order valence-corrected chi connectivity index (χ3v) is 1.89. The van der Waals surface area contributed by atoms with Crippen molar-refractivity contribution in [1.82, 2.24) is 20.3 Å². The van der Waals surface area contributed by atoms with E-state index < -0.39 is 0 Å². The Bertz CT molecular complexity index is 259. The molecule has 1 N–H and O–H groups in total. The summed E-state index contributed by atoms with van der Waals surface area (Å²) in [5.74, 6) is -0.0138. The van der Waals surface area contributed by atoms with Gasteiger partial charge in [-0.1, -0.05) is 21.1 Å². The molecule has 1 amide bonds. The van der Waals surface area contributed by atoms with Crippen LogP contribution >= 0.6 is 15.9 Å². The van der Waals surface area contributed by atoms with Gasteiger partial charge in [-0.2, -0.15) is 0 Å². The Labute approximate surface area is 84.6 Å². The van der Waals surface area contributed by atoms with Crippen LogP contribution in [0.5, 0.6) is 0 Å². The lowest BCUT2D eigenvalue weighted by molar-refractivity contribution is -0.120. The number of aromatic nitrogens is 3. The Morgan fingerprint density at radius 3 is 3.08 bits per heavy atom. The van der Waals surface area contributed by atoms with Crippen molar-refractivity contribution in [2.45, 2.75) is 18.3 Å². The van der Waals surface area contributed by atoms with E-state index >= 15 is 0 Å². The smallest absolute Gasteiger partial charge is 0.233 e. The molecule has 72 valence electrons. The average molecular weight is 247 g/mol. The molecule has 1 rings (SSSR count). The van der Waals surface area contributed by atoms with Crippen molar-refractivity contribution in [3.8, 4) is 0 Å². The van der Waals surface area contributed by atoms with E-state index in [1.807, 2.05) is 0 Å². The van der Waals surface area contributed by atoms with E-state index in [9.17, 15) is 4.79 Å². The van der Waals surface area contributed by atoms with E-state index in [4.69, 9.17) is 0 Å². The van der Waals surface area contributed by atoms with Gasteiger partial charge >= 0.3 is 0 Å². The van der Waals surface area contributed by atoms with Gasteiger partial charge < -0.3 is 5.32 Å². The molecule has 0 fully saturated rings. The van der Waals surface area contributed by atoms with Gasteiger partial charge in [0, 0.05) is 12.7 Å². The highest BCUT2D eigenvalue weighted by Gasteiger charge is 2.06. The van der Waals surface area contributed by atoms with Crippen molar-refractivity contribution in [2.24, 2.45) is 0 Å². The van der Waals surface area contributed by atoms with Crippen LogP contribution in [0.15, 0.2) is 12.4 Å². The molecule has 5 nitrogen and oxygen atoms in total. The van der Waals surface area contributed by atoms with Crippen LogP contribution in [0.25, 0.3) is 0 Å². The zero-order valence-corrected chi connectivity index (χ0v) is 8.86. The van der Waals surface area contributed by atoms with Crippen LogP contribution in [0.4, 0.5) is 0 Å². The minimum Gasteiger partial charge on any atom is -0.353 e. The standard InChI is InChI=1S/C7H11BrN4O/c1-6(8)7(13)9-2-4-12-5-3-10-11-12/h3,5-6H,2,4H2,1H3,(H,9,13). The summed E-state index contributed by atoms with van der Waals surface area (Å²) in [4.78, 5) is 10.9. The van der Waals surface area contributed by atoms with Crippen molar-refractivity contribution in [3.05, 3.63) is 12.4 Å². The monoisotopic (exact) mass is 246 g/mol. The molecule has 13 heavy (non-hydrogen) atoms. The van der Waals surface area contributed by atoms with Crippen LogP contribution in [0.3, 0.4) is 0 Å². The maximum atomic E-state index is 11.1. The first-order valence-corrected chi connectivity index (χ1v) is 4.87. The maximum Gasteiger partial charge on any atom is 0.233 e. The summed E-state index contributed by atoms with van der Waals surface area (Å²) in [6.07, 6.45) is 3.36. The summed E-state index contributed by atoms with van der Waals surface area (Å²) >= 11 is 3.17. The van der Waals surface area contributed by atoms with Gasteiger partial charge in [0.1, 0.15) is 0 Å². The summed E-state index contributed by atoms with van der Waals surface area (Å²) in [6.45, 7) is 2.99. The Morgan fingerprint density at radius 2 is 2.54 bits per heavy atom. The molecule has 0 saturated carbocycles. The molecule has 1 unspecified atom stereocenters. The minimum atomic E-state index is -0.150. The molecule has 1 aromatic rings. The number of hydrogen-bond acceptors (Lipinski definition) is 3. The quantitative estimate of drug-likeness (QED) is 0.772. The molecule has 0 aliphatic rings. The predicted octanol–water partition coefficient (Wildman–Crippen LogP) is 0.178. The topological polar surface area (TPSA) is 59.8 Å². The predicted molar refractivity (Wildman–Crippen MR) is 51.4 cm³/mol. The van der Waals surface area contributed by atoms with Gasteiger partial charge in [-0.25, -0.2) is 0 Å². The molecule has 0 spiro atoms. The Balaban J connectivity index is 2.18. The average Bonchev–Trinajstić information content (AvgIpc) is 2.56. The fourth-order valence-corrected chi connectivity index (χ4v) is 0.948. The zero-order chi connectivity index (χ0) is 9.68. The van der Waals surface area contributed by atoms with Crippen LogP contribution in [0.1, 0.15) is 6.92 Å². The Hall–Kier alpha value is -0.910. The van der Waals surface area contributed by atoms with Crippen LogP contribution < -0.4 is 5.32 Å². The number of nitrogens with one attached hydrogen (secondary N) is 1. The molecular weight excluding hydrogens is 236 g/mol. The lowest BCUT2D eigenvalue weighted by Gasteiger charge is -2.05. The van der Waals surface area contributed by atoms with Gasteiger partial charge in [0.25, 0.3) is 0 Å². The first kappa shape index (κ1) is 10.2. The Morgan fingerprint density at radius 1 is 1.77 bits per heavy atom. The zero-order valence-electron chi connectivity index (χ0n) is 7.27. The normalized spacial score (nSPS) is 12.5. The van der Waals surface area contributed by atoms with Crippen LogP contribution in [0, 0.1) is 0 Å². The van der Waals surface area contributed by atoms with Crippen LogP contribution in [0.2, 0.25) is 0 Å². The number of hydrogen-bond donors (Lipinski definition) is 1. The summed E-state index contributed by atoms with van der Waals surface area (Å²) in [5.41, 5.74) is 0. The van der Waals surface area contributed by atoms with E-state index in [0.717, 1.165) is 0 Å². The number of halogens is 1. The molecule has 0 saturated heterocycles. The van der Waals surface area contributed by atoms with Gasteiger partial charge in [-0.05, 0) is 6.92 Å². The summed E-state index contributed by atoms with van der Waals surface area (Å²) in [6, 6.07) is 0. The minimum absolute atomic E-state index is 0.0138. The molecule has 0 bridgehead atoms. The fraction of sp³-hybridized carbons (Fsp3) is 0.571. The first-order chi connectivity index (χ1) is 6.20. The highest BCUT2D eigenvalue weighted by Crippen LogP contribution is 1.95. The molecule has 0 aliphatic carbocycles. The Kier molecular flexibility index (Phi) is 3.88. The van der Waals surface area contributed by atoms with Crippen molar-refractivity contribution in [1.29, 1.82) is 0 Å². The van der Waals surface area contributed by atoms with E-state index in [1.165, 1.54) is 0 Å². The summed E-state index contributed by atoms with van der Waals surface area (Å²) < 4.78 is 1.67. The highest BCUT2D eigenvalue weighted by molar-refractivity contribution is 9.10. The number of carbonyl (C=O) groups excluding carboxylic acids is 1. The SMILES string of the molecule is CC(Br)C(=O)NCCn1ccnn1. The summed E-state index contributed by atoms with van der Waals surface area (Å²) in [5, 5.41) is 10.2. The molecule has 1 heterocycles. The summed E-state index contributed by atoms with van der Waals surface area (Å²) in [7, 11) is 0. The third kappa shape index (κ3) is 3.54. The number of nitrogens with zero attached hydrogens (tertiary/aromatic N) is 3. The highest BCUT2D eigenvalue weighted by atomic mass is 79.9. The van der Waals surface area contributed by atoms with E-state index in [2.05, 4.69) is 31.6 Å². The van der Waals surface area contributed by atoms with Gasteiger partial charge in [-0.15, -0.1) is 5.10 Å². The number of rotatable bonds is 4. The van der Waals surface area contributed by atoms with Crippen molar-refractivity contribution in [2.75, 3.05) is 6.54 Å². The second-order valence-corrected chi connectivity index (χ2v) is 3.95. The lowest BCUT2D eigenvalue weighted by atomic mass is 10.4. The lowest BCUT2D eigenvalue weighted by Crippen LogP contribution is -2.32. The third-order valence-electron chi connectivity index (χ3n) is 1.47. The number of alkyl halides is 1. The van der Waals surface area contributed by atoms with E-state index in [-0.39, 0.29) is 10.7 Å². The molecule has 0 aliphatic heterocycles. The van der Waals surface area contributed by atoms with Gasteiger partial charge in [0.15, 0.2) is 0 Å². The molecule has 1 aromatic heterocycles. The molecule has 0 aromatic carbocycles. The van der Waals surface area contributed by atoms with Gasteiger partial charge in [-0.3, -0.25) is 9.48 Å². The number of amides is 1. The van der Waals surface area contributed by atoms with Crippen molar-refractivity contribution >= 4 is 21.8 Å². The van der Waals surface area contributed by atoms with Gasteiger partial charge in [0.05, 0.1) is 17.6 Å². The molecular formula is C7H11BrN4O.